The van der Waals surface area contributed by atoms with Crippen LogP contribution in [0.4, 0.5) is 0 Å². The molecular formula is C23H36IN5. The average molecular weight is 509 g/mol. The van der Waals surface area contributed by atoms with Gasteiger partial charge in [0.15, 0.2) is 5.96 Å². The lowest BCUT2D eigenvalue weighted by atomic mass is 9.92. The van der Waals surface area contributed by atoms with E-state index in [0.29, 0.717) is 0 Å². The fraction of sp³-hybridized carbons (Fsp3) is 0.565. The Bertz CT molecular complexity index is 851. The quantitative estimate of drug-likeness (QED) is 0.335. The highest BCUT2D eigenvalue weighted by atomic mass is 127. The number of nitrogens with one attached hydrogen (secondary N) is 2. The van der Waals surface area contributed by atoms with E-state index in [1.165, 1.54) is 35.2 Å². The Morgan fingerprint density at radius 1 is 1.24 bits per heavy atom. The van der Waals surface area contributed by atoms with E-state index >= 15 is 0 Å². The number of aryl methyl sites for hydroxylation is 3. The third-order valence-corrected chi connectivity index (χ3v) is 6.01. The highest BCUT2D eigenvalue weighted by Gasteiger charge is 2.44. The van der Waals surface area contributed by atoms with Gasteiger partial charge in [0, 0.05) is 30.7 Å². The van der Waals surface area contributed by atoms with Crippen LogP contribution in [0.1, 0.15) is 54.8 Å². The highest BCUT2D eigenvalue weighted by Crippen LogP contribution is 2.49. The summed E-state index contributed by atoms with van der Waals surface area (Å²) in [5, 5.41) is 11.6. The molecule has 3 rings (SSSR count). The summed E-state index contributed by atoms with van der Waals surface area (Å²) in [5.74, 6) is 0.911. The molecule has 1 unspecified atom stereocenters. The molecule has 1 aromatic heterocycles. The molecule has 160 valence electrons. The summed E-state index contributed by atoms with van der Waals surface area (Å²) in [4.78, 5) is 4.97. The maximum absolute atomic E-state index is 4.97. The fourth-order valence-corrected chi connectivity index (χ4v) is 4.09. The molecule has 0 amide bonds. The van der Waals surface area contributed by atoms with E-state index in [-0.39, 0.29) is 35.4 Å². The Morgan fingerprint density at radius 3 is 2.48 bits per heavy atom. The molecule has 5 nitrogen and oxygen atoms in total. The van der Waals surface area contributed by atoms with Crippen molar-refractivity contribution >= 4 is 29.9 Å². The maximum Gasteiger partial charge on any atom is 0.191 e. The predicted molar refractivity (Wildman–Crippen MR) is 132 cm³/mol. The monoisotopic (exact) mass is 509 g/mol. The van der Waals surface area contributed by atoms with Gasteiger partial charge in [0.05, 0.1) is 12.2 Å². The Balaban J connectivity index is 0.00000300. The van der Waals surface area contributed by atoms with Crippen LogP contribution in [0.25, 0.3) is 0 Å². The van der Waals surface area contributed by atoms with Gasteiger partial charge in [-0.15, -0.1) is 24.0 Å². The normalized spacial score (nSPS) is 16.1. The number of hydrogen-bond donors (Lipinski definition) is 2. The molecule has 1 atom stereocenters. The van der Waals surface area contributed by atoms with Crippen LogP contribution in [-0.2, 0) is 18.9 Å². The smallest absolute Gasteiger partial charge is 0.191 e. The van der Waals surface area contributed by atoms with Crippen LogP contribution in [0.15, 0.2) is 29.3 Å². The van der Waals surface area contributed by atoms with Gasteiger partial charge in [-0.2, -0.15) is 5.10 Å². The number of aliphatic imine (C=N–C) groups is 1. The standard InChI is InChI=1S/C23H35N5.HI/c1-7-24-22(26-17(3)14-20-18(4)27-28(6)19(20)5)25-15-23(12-13-23)21-11-9-8-10-16(21)2;/h8-11,17H,7,12-15H2,1-6H3,(H2,24,25,26);1H. The predicted octanol–water partition coefficient (Wildman–Crippen LogP) is 4.18. The number of guanidine groups is 1. The van der Waals surface area contributed by atoms with E-state index in [4.69, 9.17) is 4.99 Å². The Labute approximate surface area is 192 Å². The van der Waals surface area contributed by atoms with Gasteiger partial charge >= 0.3 is 0 Å². The van der Waals surface area contributed by atoms with Gasteiger partial charge in [0.1, 0.15) is 0 Å². The van der Waals surface area contributed by atoms with E-state index < -0.39 is 0 Å². The average Bonchev–Trinajstić information content (AvgIpc) is 3.40. The highest BCUT2D eigenvalue weighted by molar-refractivity contribution is 14.0. The van der Waals surface area contributed by atoms with Crippen molar-refractivity contribution in [2.24, 2.45) is 12.0 Å². The first-order valence-corrected chi connectivity index (χ1v) is 10.5. The molecule has 2 aromatic rings. The first-order chi connectivity index (χ1) is 13.4. The van der Waals surface area contributed by atoms with Gasteiger partial charge in [0.25, 0.3) is 0 Å². The molecule has 0 saturated heterocycles. The van der Waals surface area contributed by atoms with Crippen molar-refractivity contribution in [2.45, 2.75) is 65.3 Å². The number of hydrogen-bond acceptors (Lipinski definition) is 2. The van der Waals surface area contributed by atoms with Crippen molar-refractivity contribution in [1.82, 2.24) is 20.4 Å². The van der Waals surface area contributed by atoms with Crippen LogP contribution in [0.3, 0.4) is 0 Å². The number of aromatic nitrogens is 2. The molecule has 1 aliphatic carbocycles. The summed E-state index contributed by atoms with van der Waals surface area (Å²) in [6.45, 7) is 12.5. The second kappa shape index (κ2) is 9.96. The number of rotatable bonds is 7. The molecule has 6 heteroatoms. The fourth-order valence-electron chi connectivity index (χ4n) is 4.09. The van der Waals surface area contributed by atoms with Crippen molar-refractivity contribution in [3.63, 3.8) is 0 Å². The largest absolute Gasteiger partial charge is 0.357 e. The third-order valence-electron chi connectivity index (χ3n) is 6.01. The lowest BCUT2D eigenvalue weighted by Gasteiger charge is -2.20. The topological polar surface area (TPSA) is 54.2 Å². The second-order valence-electron chi connectivity index (χ2n) is 8.31. The second-order valence-corrected chi connectivity index (χ2v) is 8.31. The van der Waals surface area contributed by atoms with Crippen LogP contribution < -0.4 is 10.6 Å². The molecule has 1 saturated carbocycles. The van der Waals surface area contributed by atoms with E-state index in [1.807, 2.05) is 11.7 Å². The molecule has 1 aliphatic rings. The van der Waals surface area contributed by atoms with Crippen molar-refractivity contribution in [1.29, 1.82) is 0 Å². The van der Waals surface area contributed by atoms with Gasteiger partial charge in [0.2, 0.25) is 0 Å². The molecular weight excluding hydrogens is 473 g/mol. The molecule has 1 fully saturated rings. The zero-order valence-corrected chi connectivity index (χ0v) is 21.0. The molecule has 0 bridgehead atoms. The summed E-state index contributed by atoms with van der Waals surface area (Å²) in [7, 11) is 2.01. The van der Waals surface area contributed by atoms with Crippen LogP contribution in [0.5, 0.6) is 0 Å². The Kier molecular flexibility index (Phi) is 8.14. The summed E-state index contributed by atoms with van der Waals surface area (Å²) in [5.41, 5.74) is 6.76. The SMILES string of the molecule is CCNC(=NCC1(c2ccccc2C)CC1)NC(C)Cc1c(C)nn(C)c1C.I. The lowest BCUT2D eigenvalue weighted by Crippen LogP contribution is -2.43. The number of halogens is 1. The van der Waals surface area contributed by atoms with Crippen molar-refractivity contribution in [3.8, 4) is 0 Å². The zero-order valence-electron chi connectivity index (χ0n) is 18.7. The maximum atomic E-state index is 4.97. The van der Waals surface area contributed by atoms with Crippen LogP contribution in [0, 0.1) is 20.8 Å². The summed E-state index contributed by atoms with van der Waals surface area (Å²) in [6.07, 6.45) is 3.40. The summed E-state index contributed by atoms with van der Waals surface area (Å²) < 4.78 is 1.97. The molecule has 0 aliphatic heterocycles. The minimum absolute atomic E-state index is 0. The molecule has 0 radical (unpaired) electrons. The van der Waals surface area contributed by atoms with Crippen LogP contribution >= 0.6 is 24.0 Å². The minimum atomic E-state index is 0. The van der Waals surface area contributed by atoms with Gasteiger partial charge in [-0.3, -0.25) is 9.67 Å². The number of benzene rings is 1. The van der Waals surface area contributed by atoms with E-state index in [0.717, 1.165) is 31.2 Å². The molecule has 1 heterocycles. The Morgan fingerprint density at radius 2 is 1.93 bits per heavy atom. The van der Waals surface area contributed by atoms with Crippen LogP contribution in [0.2, 0.25) is 0 Å². The van der Waals surface area contributed by atoms with Crippen molar-refractivity contribution in [2.75, 3.05) is 13.1 Å². The van der Waals surface area contributed by atoms with Gasteiger partial charge in [-0.25, -0.2) is 0 Å². The molecule has 1 aromatic carbocycles. The Hall–Kier alpha value is -1.57. The van der Waals surface area contributed by atoms with Gasteiger partial charge in [-0.1, -0.05) is 24.3 Å². The lowest BCUT2D eigenvalue weighted by molar-refractivity contribution is 0.627. The first kappa shape index (κ1) is 23.7. The van der Waals surface area contributed by atoms with E-state index in [2.05, 4.69) is 74.6 Å². The number of nitrogens with zero attached hydrogens (tertiary/aromatic N) is 3. The van der Waals surface area contributed by atoms with E-state index in [1.54, 1.807) is 0 Å². The van der Waals surface area contributed by atoms with Crippen molar-refractivity contribution < 1.29 is 0 Å². The molecule has 29 heavy (non-hydrogen) atoms. The van der Waals surface area contributed by atoms with E-state index in [9.17, 15) is 0 Å². The van der Waals surface area contributed by atoms with Gasteiger partial charge < -0.3 is 10.6 Å². The summed E-state index contributed by atoms with van der Waals surface area (Å²) in [6, 6.07) is 9.04. The zero-order chi connectivity index (χ0) is 20.3. The first-order valence-electron chi connectivity index (χ1n) is 10.5. The summed E-state index contributed by atoms with van der Waals surface area (Å²) >= 11 is 0. The van der Waals surface area contributed by atoms with Gasteiger partial charge in [-0.05, 0) is 70.6 Å². The van der Waals surface area contributed by atoms with Crippen molar-refractivity contribution in [3.05, 3.63) is 52.3 Å². The van der Waals surface area contributed by atoms with Crippen LogP contribution in [-0.4, -0.2) is 34.9 Å². The molecule has 0 spiro atoms. The third kappa shape index (κ3) is 5.53. The minimum Gasteiger partial charge on any atom is -0.357 e. The molecule has 2 N–H and O–H groups in total.